The Hall–Kier alpha value is -1.08. The SMILES string of the molecule is C=C.CNC1(c2ccccc2C)CCCCC1. The van der Waals surface area contributed by atoms with Crippen molar-refractivity contribution in [2.24, 2.45) is 0 Å². The van der Waals surface area contributed by atoms with E-state index in [2.05, 4.69) is 56.7 Å². The zero-order chi connectivity index (χ0) is 12.7. The van der Waals surface area contributed by atoms with Gasteiger partial charge in [-0.3, -0.25) is 0 Å². The maximum atomic E-state index is 3.57. The van der Waals surface area contributed by atoms with Gasteiger partial charge in [-0.05, 0) is 37.9 Å². The molecule has 0 radical (unpaired) electrons. The molecule has 1 heteroatoms. The minimum absolute atomic E-state index is 0.254. The van der Waals surface area contributed by atoms with Gasteiger partial charge in [0.2, 0.25) is 0 Å². The van der Waals surface area contributed by atoms with Crippen LogP contribution in [0.5, 0.6) is 0 Å². The molecule has 0 bridgehead atoms. The zero-order valence-corrected chi connectivity index (χ0v) is 11.3. The third kappa shape index (κ3) is 2.98. The third-order valence-corrected chi connectivity index (χ3v) is 3.85. The fraction of sp³-hybridized carbons (Fsp3) is 0.500. The molecule has 0 unspecified atom stereocenters. The van der Waals surface area contributed by atoms with E-state index >= 15 is 0 Å². The summed E-state index contributed by atoms with van der Waals surface area (Å²) >= 11 is 0. The highest BCUT2D eigenvalue weighted by atomic mass is 14.9. The number of hydrogen-bond acceptors (Lipinski definition) is 1. The number of hydrogen-bond donors (Lipinski definition) is 1. The van der Waals surface area contributed by atoms with Crippen LogP contribution in [0.15, 0.2) is 37.4 Å². The van der Waals surface area contributed by atoms with Crippen LogP contribution in [0.25, 0.3) is 0 Å². The summed E-state index contributed by atoms with van der Waals surface area (Å²) < 4.78 is 0. The first-order valence-corrected chi connectivity index (χ1v) is 6.53. The number of benzene rings is 1. The van der Waals surface area contributed by atoms with Gasteiger partial charge in [-0.15, -0.1) is 13.2 Å². The largest absolute Gasteiger partial charge is 0.310 e. The molecular formula is C16H25N. The van der Waals surface area contributed by atoms with Crippen LogP contribution in [-0.2, 0) is 5.54 Å². The van der Waals surface area contributed by atoms with Crippen molar-refractivity contribution in [2.75, 3.05) is 7.05 Å². The Kier molecular flexibility index (Phi) is 5.43. The van der Waals surface area contributed by atoms with E-state index in [1.165, 1.54) is 43.2 Å². The van der Waals surface area contributed by atoms with Crippen molar-refractivity contribution in [2.45, 2.75) is 44.6 Å². The molecule has 1 aromatic rings. The Morgan fingerprint density at radius 3 is 2.18 bits per heavy atom. The van der Waals surface area contributed by atoms with E-state index in [1.807, 2.05) is 0 Å². The summed E-state index contributed by atoms with van der Waals surface area (Å²) in [5.41, 5.74) is 3.18. The highest BCUT2D eigenvalue weighted by Crippen LogP contribution is 2.37. The Labute approximate surface area is 106 Å². The molecule has 1 fully saturated rings. The quantitative estimate of drug-likeness (QED) is 0.753. The van der Waals surface area contributed by atoms with Crippen LogP contribution in [0.1, 0.15) is 43.2 Å². The Morgan fingerprint density at radius 1 is 1.06 bits per heavy atom. The molecule has 0 aliphatic heterocycles. The molecule has 1 saturated carbocycles. The monoisotopic (exact) mass is 231 g/mol. The first-order valence-electron chi connectivity index (χ1n) is 6.53. The minimum Gasteiger partial charge on any atom is -0.310 e. The molecule has 0 saturated heterocycles. The molecule has 0 amide bonds. The van der Waals surface area contributed by atoms with E-state index in [9.17, 15) is 0 Å². The molecule has 1 aliphatic carbocycles. The van der Waals surface area contributed by atoms with Crippen LogP contribution in [0, 0.1) is 6.92 Å². The molecular weight excluding hydrogens is 206 g/mol. The molecule has 0 spiro atoms. The Bertz CT molecular complexity index is 337. The van der Waals surface area contributed by atoms with Gasteiger partial charge in [0.1, 0.15) is 0 Å². The van der Waals surface area contributed by atoms with Crippen molar-refractivity contribution in [3.8, 4) is 0 Å². The summed E-state index contributed by atoms with van der Waals surface area (Å²) in [5.74, 6) is 0. The van der Waals surface area contributed by atoms with Gasteiger partial charge in [0, 0.05) is 5.54 Å². The lowest BCUT2D eigenvalue weighted by molar-refractivity contribution is 0.249. The summed E-state index contributed by atoms with van der Waals surface area (Å²) in [6, 6.07) is 8.81. The summed E-state index contributed by atoms with van der Waals surface area (Å²) in [7, 11) is 2.11. The molecule has 1 aromatic carbocycles. The molecule has 0 aromatic heterocycles. The maximum absolute atomic E-state index is 3.57. The second-order valence-corrected chi connectivity index (χ2v) is 4.71. The lowest BCUT2D eigenvalue weighted by atomic mass is 9.75. The normalized spacial score (nSPS) is 18.0. The average Bonchev–Trinajstić information content (AvgIpc) is 2.42. The molecule has 2 rings (SSSR count). The summed E-state index contributed by atoms with van der Waals surface area (Å²) in [4.78, 5) is 0. The summed E-state index contributed by atoms with van der Waals surface area (Å²) in [6.07, 6.45) is 6.68. The molecule has 0 heterocycles. The lowest BCUT2D eigenvalue weighted by Gasteiger charge is -2.38. The van der Waals surface area contributed by atoms with Crippen LogP contribution in [0.4, 0.5) is 0 Å². The molecule has 94 valence electrons. The first kappa shape index (κ1) is 14.0. The highest BCUT2D eigenvalue weighted by Gasteiger charge is 2.32. The van der Waals surface area contributed by atoms with E-state index in [4.69, 9.17) is 0 Å². The molecule has 1 aliphatic rings. The molecule has 0 atom stereocenters. The molecule has 1 nitrogen and oxygen atoms in total. The van der Waals surface area contributed by atoms with Gasteiger partial charge in [-0.2, -0.15) is 0 Å². The average molecular weight is 231 g/mol. The second kappa shape index (κ2) is 6.61. The Balaban J connectivity index is 0.000000686. The zero-order valence-electron chi connectivity index (χ0n) is 11.3. The molecule has 1 N–H and O–H groups in total. The lowest BCUT2D eigenvalue weighted by Crippen LogP contribution is -2.42. The van der Waals surface area contributed by atoms with E-state index in [0.29, 0.717) is 0 Å². The van der Waals surface area contributed by atoms with E-state index in [0.717, 1.165) is 0 Å². The predicted molar refractivity (Wildman–Crippen MR) is 76.3 cm³/mol. The summed E-state index contributed by atoms with van der Waals surface area (Å²) in [6.45, 7) is 8.23. The van der Waals surface area contributed by atoms with Crippen molar-refractivity contribution < 1.29 is 0 Å². The van der Waals surface area contributed by atoms with Crippen LogP contribution in [0.2, 0.25) is 0 Å². The Morgan fingerprint density at radius 2 is 1.65 bits per heavy atom. The van der Waals surface area contributed by atoms with Gasteiger partial charge < -0.3 is 5.32 Å². The molecule has 17 heavy (non-hydrogen) atoms. The van der Waals surface area contributed by atoms with Crippen molar-refractivity contribution in [1.29, 1.82) is 0 Å². The van der Waals surface area contributed by atoms with E-state index in [1.54, 1.807) is 0 Å². The highest BCUT2D eigenvalue weighted by molar-refractivity contribution is 5.33. The van der Waals surface area contributed by atoms with E-state index < -0.39 is 0 Å². The van der Waals surface area contributed by atoms with Gasteiger partial charge in [-0.1, -0.05) is 43.5 Å². The number of aryl methyl sites for hydroxylation is 1. The third-order valence-electron chi connectivity index (χ3n) is 3.85. The van der Waals surface area contributed by atoms with Gasteiger partial charge in [0.15, 0.2) is 0 Å². The predicted octanol–water partition coefficient (Wildman–Crippen LogP) is 4.18. The van der Waals surface area contributed by atoms with E-state index in [-0.39, 0.29) is 5.54 Å². The van der Waals surface area contributed by atoms with Crippen LogP contribution >= 0.6 is 0 Å². The topological polar surface area (TPSA) is 12.0 Å². The van der Waals surface area contributed by atoms with Gasteiger partial charge in [0.05, 0.1) is 0 Å². The first-order chi connectivity index (χ1) is 8.28. The fourth-order valence-electron chi connectivity index (χ4n) is 2.92. The van der Waals surface area contributed by atoms with Crippen molar-refractivity contribution in [1.82, 2.24) is 5.32 Å². The maximum Gasteiger partial charge on any atom is 0.0434 e. The number of nitrogens with one attached hydrogen (secondary N) is 1. The summed E-state index contributed by atoms with van der Waals surface area (Å²) in [5, 5.41) is 3.57. The van der Waals surface area contributed by atoms with Crippen molar-refractivity contribution in [3.05, 3.63) is 48.6 Å². The van der Waals surface area contributed by atoms with Crippen LogP contribution in [0.3, 0.4) is 0 Å². The fourth-order valence-corrected chi connectivity index (χ4v) is 2.92. The smallest absolute Gasteiger partial charge is 0.0434 e. The van der Waals surface area contributed by atoms with Gasteiger partial charge in [0.25, 0.3) is 0 Å². The van der Waals surface area contributed by atoms with Crippen LogP contribution < -0.4 is 5.32 Å². The standard InChI is InChI=1S/C14H21N.C2H4/c1-12-8-4-5-9-13(12)14(15-2)10-6-3-7-11-14;1-2/h4-5,8-9,15H,3,6-7,10-11H2,1-2H3;1-2H2. The second-order valence-electron chi connectivity index (χ2n) is 4.71. The van der Waals surface area contributed by atoms with Crippen molar-refractivity contribution in [3.63, 3.8) is 0 Å². The van der Waals surface area contributed by atoms with Gasteiger partial charge >= 0.3 is 0 Å². The minimum atomic E-state index is 0.254. The van der Waals surface area contributed by atoms with Crippen molar-refractivity contribution >= 4 is 0 Å². The van der Waals surface area contributed by atoms with Crippen LogP contribution in [-0.4, -0.2) is 7.05 Å². The number of rotatable bonds is 2. The van der Waals surface area contributed by atoms with Gasteiger partial charge in [-0.25, -0.2) is 0 Å².